The number of allylic oxidation sites excluding steroid dienone is 1. The smallest absolute Gasteiger partial charge is 0.271 e. The van der Waals surface area contributed by atoms with Gasteiger partial charge in [0.05, 0.1) is 21.1 Å². The highest BCUT2D eigenvalue weighted by Crippen LogP contribution is 2.24. The van der Waals surface area contributed by atoms with Crippen molar-refractivity contribution >= 4 is 39.9 Å². The van der Waals surface area contributed by atoms with Crippen molar-refractivity contribution in [3.63, 3.8) is 0 Å². The van der Waals surface area contributed by atoms with Crippen LogP contribution in [-0.2, 0) is 11.3 Å². The van der Waals surface area contributed by atoms with Crippen molar-refractivity contribution in [2.24, 2.45) is 0 Å². The first-order chi connectivity index (χ1) is 13.9. The normalized spacial score (nSPS) is 11.8. The van der Waals surface area contributed by atoms with Crippen LogP contribution in [0.25, 0.3) is 10.9 Å². The highest BCUT2D eigenvalue weighted by Gasteiger charge is 2.20. The number of carbonyl (C=O) groups is 1. The van der Waals surface area contributed by atoms with E-state index >= 15 is 0 Å². The van der Waals surface area contributed by atoms with E-state index < -0.39 is 10.2 Å². The lowest BCUT2D eigenvalue weighted by atomic mass is 10.2. The first-order valence-corrected chi connectivity index (χ1v) is 9.61. The minimum absolute atomic E-state index is 0.112. The van der Waals surface area contributed by atoms with Gasteiger partial charge in [0.2, 0.25) is 5.91 Å². The van der Waals surface area contributed by atoms with Crippen molar-refractivity contribution in [3.05, 3.63) is 81.7 Å². The average Bonchev–Trinajstić information content (AvgIpc) is 2.71. The molecule has 29 heavy (non-hydrogen) atoms. The maximum absolute atomic E-state index is 12.8. The van der Waals surface area contributed by atoms with E-state index in [9.17, 15) is 19.7 Å². The number of non-ortho nitro benzene ring substituents is 1. The van der Waals surface area contributed by atoms with Crippen LogP contribution in [0.5, 0.6) is 0 Å². The third-order valence-corrected chi connectivity index (χ3v) is 5.20. The summed E-state index contributed by atoms with van der Waals surface area (Å²) in [5.41, 5.74) is 0.557. The van der Waals surface area contributed by atoms with Gasteiger partial charge in [-0.2, -0.15) is 0 Å². The number of hydrogen-bond acceptors (Lipinski definition) is 6. The minimum Gasteiger partial charge on any atom is -0.325 e. The Hall–Kier alpha value is -3.46. The molecule has 1 amide bonds. The maximum atomic E-state index is 12.8. The van der Waals surface area contributed by atoms with Crippen LogP contribution >= 0.6 is 11.8 Å². The average molecular weight is 410 g/mol. The Bertz CT molecular complexity index is 1160. The molecule has 0 fully saturated rings. The molecule has 0 saturated heterocycles. The molecule has 8 nitrogen and oxygen atoms in total. The molecule has 0 aliphatic heterocycles. The van der Waals surface area contributed by atoms with Gasteiger partial charge in [-0.15, -0.1) is 6.58 Å². The molecule has 0 aliphatic rings. The number of nitrogens with one attached hydrogen (secondary N) is 1. The van der Waals surface area contributed by atoms with E-state index in [0.717, 1.165) is 11.8 Å². The Morgan fingerprint density at radius 1 is 1.34 bits per heavy atom. The van der Waals surface area contributed by atoms with Crippen LogP contribution in [0.2, 0.25) is 0 Å². The first kappa shape index (κ1) is 20.3. The number of anilines is 1. The van der Waals surface area contributed by atoms with Crippen molar-refractivity contribution in [2.45, 2.75) is 23.9 Å². The predicted molar refractivity (Wildman–Crippen MR) is 113 cm³/mol. The molecule has 1 unspecified atom stereocenters. The number of benzene rings is 2. The van der Waals surface area contributed by atoms with Gasteiger partial charge < -0.3 is 5.32 Å². The number of nitrogens with zero attached hydrogens (tertiary/aromatic N) is 3. The van der Waals surface area contributed by atoms with Crippen LogP contribution < -0.4 is 10.9 Å². The van der Waals surface area contributed by atoms with Crippen molar-refractivity contribution < 1.29 is 9.72 Å². The zero-order valence-corrected chi connectivity index (χ0v) is 16.4. The monoisotopic (exact) mass is 410 g/mol. The number of aromatic nitrogens is 2. The fourth-order valence-electron chi connectivity index (χ4n) is 2.68. The Balaban J connectivity index is 1.86. The largest absolute Gasteiger partial charge is 0.325 e. The molecule has 2 aromatic carbocycles. The van der Waals surface area contributed by atoms with Crippen molar-refractivity contribution in [3.8, 4) is 0 Å². The molecule has 0 radical (unpaired) electrons. The summed E-state index contributed by atoms with van der Waals surface area (Å²) in [5, 5.41) is 13.8. The highest BCUT2D eigenvalue weighted by molar-refractivity contribution is 8.00. The van der Waals surface area contributed by atoms with Crippen LogP contribution in [-0.4, -0.2) is 25.6 Å². The number of thioether (sulfide) groups is 1. The van der Waals surface area contributed by atoms with Gasteiger partial charge in [-0.25, -0.2) is 4.98 Å². The second kappa shape index (κ2) is 8.70. The standard InChI is InChI=1S/C20H18N4O4S/c1-3-11-23-19(26)16-9-4-5-10-17(16)22-20(23)29-13(2)18(25)21-14-7-6-8-15(12-14)24(27)28/h3-10,12-13H,1,11H2,2H3,(H,21,25). The first-order valence-electron chi connectivity index (χ1n) is 8.73. The summed E-state index contributed by atoms with van der Waals surface area (Å²) in [6, 6.07) is 12.7. The number of nitro benzene ring substituents is 1. The van der Waals surface area contributed by atoms with E-state index in [1.807, 2.05) is 0 Å². The SMILES string of the molecule is C=CCn1c(SC(C)C(=O)Nc2cccc([N+](=O)[O-])c2)nc2ccccc2c1=O. The van der Waals surface area contributed by atoms with Crippen LogP contribution in [0.1, 0.15) is 6.92 Å². The lowest BCUT2D eigenvalue weighted by molar-refractivity contribution is -0.384. The number of rotatable bonds is 7. The van der Waals surface area contributed by atoms with Gasteiger partial charge >= 0.3 is 0 Å². The molecule has 0 spiro atoms. The zero-order valence-electron chi connectivity index (χ0n) is 15.6. The Morgan fingerprint density at radius 3 is 2.83 bits per heavy atom. The van der Waals surface area contributed by atoms with E-state index in [-0.39, 0.29) is 23.7 Å². The number of amides is 1. The topological polar surface area (TPSA) is 107 Å². The second-order valence-electron chi connectivity index (χ2n) is 6.17. The van der Waals surface area contributed by atoms with Crippen LogP contribution in [0.4, 0.5) is 11.4 Å². The molecular formula is C20H18N4O4S. The summed E-state index contributed by atoms with van der Waals surface area (Å²) in [5.74, 6) is -0.358. The van der Waals surface area contributed by atoms with Crippen molar-refractivity contribution in [1.82, 2.24) is 9.55 Å². The highest BCUT2D eigenvalue weighted by atomic mass is 32.2. The number of carbonyl (C=O) groups excluding carboxylic acids is 1. The summed E-state index contributed by atoms with van der Waals surface area (Å²) in [4.78, 5) is 40.3. The third-order valence-electron chi connectivity index (χ3n) is 4.11. The number of nitro groups is 1. The summed E-state index contributed by atoms with van der Waals surface area (Å²) < 4.78 is 1.47. The summed E-state index contributed by atoms with van der Waals surface area (Å²) in [7, 11) is 0. The maximum Gasteiger partial charge on any atom is 0.271 e. The third kappa shape index (κ3) is 4.52. The van der Waals surface area contributed by atoms with Gasteiger partial charge in [-0.05, 0) is 25.1 Å². The number of para-hydroxylation sites is 1. The summed E-state index contributed by atoms with van der Waals surface area (Å²) >= 11 is 1.14. The fraction of sp³-hybridized carbons (Fsp3) is 0.150. The van der Waals surface area contributed by atoms with Crippen molar-refractivity contribution in [1.29, 1.82) is 0 Å². The van der Waals surface area contributed by atoms with E-state index in [0.29, 0.717) is 21.7 Å². The molecule has 3 rings (SSSR count). The van der Waals surface area contributed by atoms with Crippen LogP contribution in [0.15, 0.2) is 71.1 Å². The second-order valence-corrected chi connectivity index (χ2v) is 7.48. The Kier molecular flexibility index (Phi) is 6.08. The number of hydrogen-bond donors (Lipinski definition) is 1. The molecule has 1 heterocycles. The summed E-state index contributed by atoms with van der Waals surface area (Å²) in [6.07, 6.45) is 1.59. The quantitative estimate of drug-likeness (QED) is 0.210. The molecule has 1 N–H and O–H groups in total. The van der Waals surface area contributed by atoms with Gasteiger partial charge in [-0.3, -0.25) is 24.3 Å². The van der Waals surface area contributed by atoms with E-state index in [1.165, 1.54) is 22.8 Å². The van der Waals surface area contributed by atoms with Gasteiger partial charge in [-0.1, -0.05) is 36.0 Å². The molecule has 0 saturated carbocycles. The van der Waals surface area contributed by atoms with E-state index in [2.05, 4.69) is 16.9 Å². The van der Waals surface area contributed by atoms with Gasteiger partial charge in [0.25, 0.3) is 11.2 Å². The van der Waals surface area contributed by atoms with Gasteiger partial charge in [0.1, 0.15) is 0 Å². The molecule has 0 aliphatic carbocycles. The van der Waals surface area contributed by atoms with Gasteiger partial charge in [0, 0.05) is 24.4 Å². The molecule has 3 aromatic rings. The minimum atomic E-state index is -0.599. The fourth-order valence-corrected chi connectivity index (χ4v) is 3.60. The van der Waals surface area contributed by atoms with Crippen molar-refractivity contribution in [2.75, 3.05) is 5.32 Å². The summed E-state index contributed by atoms with van der Waals surface area (Å²) in [6.45, 7) is 5.62. The van der Waals surface area contributed by atoms with E-state index in [1.54, 1.807) is 43.3 Å². The lowest BCUT2D eigenvalue weighted by Gasteiger charge is -2.15. The molecule has 1 aromatic heterocycles. The van der Waals surface area contributed by atoms with E-state index in [4.69, 9.17) is 0 Å². The van der Waals surface area contributed by atoms with Crippen LogP contribution in [0, 0.1) is 10.1 Å². The molecule has 1 atom stereocenters. The molecule has 9 heteroatoms. The molecule has 0 bridgehead atoms. The molecule has 148 valence electrons. The zero-order chi connectivity index (χ0) is 21.0. The predicted octanol–water partition coefficient (Wildman–Crippen LogP) is 3.61. The number of fused-ring (bicyclic) bond motifs is 1. The van der Waals surface area contributed by atoms with Gasteiger partial charge in [0.15, 0.2) is 5.16 Å². The Labute approximate surface area is 170 Å². The Morgan fingerprint density at radius 2 is 2.10 bits per heavy atom. The molecular weight excluding hydrogens is 392 g/mol. The lowest BCUT2D eigenvalue weighted by Crippen LogP contribution is -2.26. The van der Waals surface area contributed by atoms with Crippen LogP contribution in [0.3, 0.4) is 0 Å².